The summed E-state index contributed by atoms with van der Waals surface area (Å²) in [6, 6.07) is 6.14. The number of esters is 1. The fourth-order valence-electron chi connectivity index (χ4n) is 1.83. The molecule has 1 aliphatic carbocycles. The summed E-state index contributed by atoms with van der Waals surface area (Å²) in [6.45, 7) is 1.98. The van der Waals surface area contributed by atoms with Gasteiger partial charge in [0.25, 0.3) is 0 Å². The Morgan fingerprint density at radius 2 is 2.28 bits per heavy atom. The highest BCUT2D eigenvalue weighted by Crippen LogP contribution is 2.48. The highest BCUT2D eigenvalue weighted by atomic mass is 19.1. The number of benzene rings is 1. The van der Waals surface area contributed by atoms with E-state index in [-0.39, 0.29) is 17.6 Å². The zero-order valence-electron chi connectivity index (χ0n) is 10.2. The number of halogens is 1. The van der Waals surface area contributed by atoms with E-state index in [1.165, 1.54) is 12.1 Å². The van der Waals surface area contributed by atoms with Crippen molar-refractivity contribution in [2.24, 2.45) is 5.41 Å². The number of aryl methyl sites for hydroxylation is 1. The first-order chi connectivity index (χ1) is 8.56. The number of carbonyl (C=O) groups is 1. The number of nitriles is 1. The summed E-state index contributed by atoms with van der Waals surface area (Å²) in [7, 11) is 0. The van der Waals surface area contributed by atoms with Crippen LogP contribution in [0.1, 0.15) is 35.2 Å². The van der Waals surface area contributed by atoms with Gasteiger partial charge in [-0.25, -0.2) is 9.18 Å². The van der Waals surface area contributed by atoms with E-state index in [0.29, 0.717) is 12.0 Å². The number of ether oxygens (including phenoxy) is 1. The van der Waals surface area contributed by atoms with Gasteiger partial charge in [-0.05, 0) is 37.5 Å². The van der Waals surface area contributed by atoms with Crippen molar-refractivity contribution in [3.8, 4) is 6.07 Å². The van der Waals surface area contributed by atoms with Crippen LogP contribution in [-0.2, 0) is 4.74 Å². The zero-order valence-corrected chi connectivity index (χ0v) is 10.2. The molecular weight excluding hydrogens is 233 g/mol. The number of nitrogens with zero attached hydrogens (tertiary/aromatic N) is 1. The van der Waals surface area contributed by atoms with Crippen molar-refractivity contribution in [2.75, 3.05) is 6.61 Å². The van der Waals surface area contributed by atoms with Crippen molar-refractivity contribution in [1.82, 2.24) is 0 Å². The Morgan fingerprint density at radius 3 is 2.89 bits per heavy atom. The first-order valence-electron chi connectivity index (χ1n) is 5.87. The van der Waals surface area contributed by atoms with Crippen LogP contribution in [0.5, 0.6) is 0 Å². The van der Waals surface area contributed by atoms with E-state index < -0.39 is 11.8 Å². The number of hydrogen-bond donors (Lipinski definition) is 0. The first kappa shape index (κ1) is 12.6. The van der Waals surface area contributed by atoms with Crippen LogP contribution in [0, 0.1) is 29.5 Å². The molecule has 0 amide bonds. The third kappa shape index (κ3) is 2.67. The van der Waals surface area contributed by atoms with Crippen molar-refractivity contribution in [2.45, 2.75) is 26.2 Å². The number of rotatable bonds is 4. The van der Waals surface area contributed by atoms with Crippen LogP contribution < -0.4 is 0 Å². The van der Waals surface area contributed by atoms with Gasteiger partial charge < -0.3 is 4.74 Å². The van der Waals surface area contributed by atoms with Gasteiger partial charge in [-0.15, -0.1) is 0 Å². The van der Waals surface area contributed by atoms with Crippen molar-refractivity contribution >= 4 is 5.97 Å². The van der Waals surface area contributed by atoms with E-state index in [1.54, 1.807) is 13.0 Å². The smallest absolute Gasteiger partial charge is 0.338 e. The van der Waals surface area contributed by atoms with Crippen LogP contribution in [0.3, 0.4) is 0 Å². The van der Waals surface area contributed by atoms with Gasteiger partial charge in [-0.2, -0.15) is 5.26 Å². The Labute approximate surface area is 105 Å². The molecule has 0 aromatic heterocycles. The molecule has 18 heavy (non-hydrogen) atoms. The predicted molar refractivity (Wildman–Crippen MR) is 63.3 cm³/mol. The van der Waals surface area contributed by atoms with Crippen molar-refractivity contribution in [3.63, 3.8) is 0 Å². The number of carbonyl (C=O) groups excluding carboxylic acids is 1. The Morgan fingerprint density at radius 1 is 1.56 bits per heavy atom. The summed E-state index contributed by atoms with van der Waals surface area (Å²) in [6.07, 6.45) is 2.23. The molecular formula is C14H14FNO2. The largest absolute Gasteiger partial charge is 0.461 e. The standard InChI is InChI=1S/C14H14FNO2/c1-10-2-3-11(15)8-12(10)13(17)18-9-14(4-5-14)6-7-16/h2-3,8H,4-6,9H2,1H3. The van der Waals surface area contributed by atoms with E-state index in [2.05, 4.69) is 6.07 Å². The fraction of sp³-hybridized carbons (Fsp3) is 0.429. The molecule has 2 rings (SSSR count). The Hall–Kier alpha value is -1.89. The van der Waals surface area contributed by atoms with Gasteiger partial charge >= 0.3 is 5.97 Å². The van der Waals surface area contributed by atoms with E-state index >= 15 is 0 Å². The number of hydrogen-bond acceptors (Lipinski definition) is 3. The maximum absolute atomic E-state index is 13.1. The third-order valence-electron chi connectivity index (χ3n) is 3.34. The third-order valence-corrected chi connectivity index (χ3v) is 3.34. The lowest BCUT2D eigenvalue weighted by atomic mass is 10.1. The monoisotopic (exact) mass is 247 g/mol. The molecule has 1 fully saturated rings. The maximum Gasteiger partial charge on any atom is 0.338 e. The Bertz CT molecular complexity index is 515. The molecule has 0 spiro atoms. The molecule has 0 N–H and O–H groups in total. The summed E-state index contributed by atoms with van der Waals surface area (Å²) in [5.41, 5.74) is 0.792. The molecule has 0 heterocycles. The minimum absolute atomic E-state index is 0.147. The molecule has 0 atom stereocenters. The average Bonchev–Trinajstić information content (AvgIpc) is 3.10. The average molecular weight is 247 g/mol. The molecule has 1 aromatic carbocycles. The minimum Gasteiger partial charge on any atom is -0.461 e. The summed E-state index contributed by atoms with van der Waals surface area (Å²) in [5.74, 6) is -0.970. The molecule has 0 bridgehead atoms. The van der Waals surface area contributed by atoms with Crippen molar-refractivity contribution < 1.29 is 13.9 Å². The SMILES string of the molecule is Cc1ccc(F)cc1C(=O)OCC1(CC#N)CC1. The van der Waals surface area contributed by atoms with E-state index in [9.17, 15) is 9.18 Å². The quantitative estimate of drug-likeness (QED) is 0.768. The van der Waals surface area contributed by atoms with Gasteiger partial charge in [-0.3, -0.25) is 0 Å². The van der Waals surface area contributed by atoms with Gasteiger partial charge in [0.05, 0.1) is 18.2 Å². The molecule has 3 nitrogen and oxygen atoms in total. The maximum atomic E-state index is 13.1. The van der Waals surface area contributed by atoms with Crippen LogP contribution in [0.2, 0.25) is 0 Å². The van der Waals surface area contributed by atoms with Crippen LogP contribution in [0.15, 0.2) is 18.2 Å². The Balaban J connectivity index is 2.00. The highest BCUT2D eigenvalue weighted by molar-refractivity contribution is 5.91. The second-order valence-electron chi connectivity index (χ2n) is 4.87. The molecule has 1 aliphatic rings. The molecule has 4 heteroatoms. The van der Waals surface area contributed by atoms with E-state index in [1.807, 2.05) is 0 Å². The lowest BCUT2D eigenvalue weighted by molar-refractivity contribution is 0.0418. The second-order valence-corrected chi connectivity index (χ2v) is 4.87. The van der Waals surface area contributed by atoms with Gasteiger partial charge in [0, 0.05) is 11.8 Å². The lowest BCUT2D eigenvalue weighted by Gasteiger charge is -2.12. The van der Waals surface area contributed by atoms with Gasteiger partial charge in [0.2, 0.25) is 0 Å². The molecule has 1 aromatic rings. The highest BCUT2D eigenvalue weighted by Gasteiger charge is 2.43. The van der Waals surface area contributed by atoms with Crippen LogP contribution in [0.25, 0.3) is 0 Å². The molecule has 0 radical (unpaired) electrons. The lowest BCUT2D eigenvalue weighted by Crippen LogP contribution is -2.15. The summed E-state index contributed by atoms with van der Waals surface area (Å²) < 4.78 is 18.3. The molecule has 0 aliphatic heterocycles. The van der Waals surface area contributed by atoms with Crippen molar-refractivity contribution in [1.29, 1.82) is 5.26 Å². The summed E-state index contributed by atoms with van der Waals surface area (Å²) >= 11 is 0. The Kier molecular flexibility index (Phi) is 3.33. The van der Waals surface area contributed by atoms with Gasteiger partial charge in [-0.1, -0.05) is 6.07 Å². The summed E-state index contributed by atoms with van der Waals surface area (Å²) in [4.78, 5) is 11.8. The molecule has 0 unspecified atom stereocenters. The molecule has 1 saturated carbocycles. The van der Waals surface area contributed by atoms with Crippen LogP contribution in [0.4, 0.5) is 4.39 Å². The zero-order chi connectivity index (χ0) is 13.2. The summed E-state index contributed by atoms with van der Waals surface area (Å²) in [5, 5.41) is 8.66. The van der Waals surface area contributed by atoms with E-state index in [0.717, 1.165) is 12.8 Å². The van der Waals surface area contributed by atoms with Gasteiger partial charge in [0.15, 0.2) is 0 Å². The predicted octanol–water partition coefficient (Wildman–Crippen LogP) is 2.98. The van der Waals surface area contributed by atoms with Crippen molar-refractivity contribution in [3.05, 3.63) is 35.1 Å². The minimum atomic E-state index is -0.517. The fourth-order valence-corrected chi connectivity index (χ4v) is 1.83. The topological polar surface area (TPSA) is 50.1 Å². The first-order valence-corrected chi connectivity index (χ1v) is 5.87. The van der Waals surface area contributed by atoms with Crippen LogP contribution in [-0.4, -0.2) is 12.6 Å². The second kappa shape index (κ2) is 4.77. The van der Waals surface area contributed by atoms with Gasteiger partial charge in [0.1, 0.15) is 5.82 Å². The molecule has 0 saturated heterocycles. The van der Waals surface area contributed by atoms with E-state index in [4.69, 9.17) is 10.00 Å². The molecule has 94 valence electrons. The van der Waals surface area contributed by atoms with Crippen LogP contribution >= 0.6 is 0 Å². The normalized spacial score (nSPS) is 15.8.